The molecular formula is C14H19N3S. The maximum absolute atomic E-state index is 4.65. The van der Waals surface area contributed by atoms with Crippen LogP contribution in [0.1, 0.15) is 13.3 Å². The first kappa shape index (κ1) is 11.9. The average Bonchev–Trinajstić information content (AvgIpc) is 2.75. The van der Waals surface area contributed by atoms with Crippen molar-refractivity contribution in [2.24, 2.45) is 5.92 Å². The highest BCUT2D eigenvalue weighted by atomic mass is 32.1. The third-order valence-electron chi connectivity index (χ3n) is 3.71. The van der Waals surface area contributed by atoms with Gasteiger partial charge in [0, 0.05) is 12.6 Å². The molecule has 0 spiro atoms. The van der Waals surface area contributed by atoms with Gasteiger partial charge in [0.15, 0.2) is 5.13 Å². The van der Waals surface area contributed by atoms with Gasteiger partial charge in [0.25, 0.3) is 0 Å². The third kappa shape index (κ3) is 2.35. The lowest BCUT2D eigenvalue weighted by Crippen LogP contribution is -2.43. The van der Waals surface area contributed by atoms with Gasteiger partial charge in [-0.3, -0.25) is 0 Å². The van der Waals surface area contributed by atoms with E-state index in [1.807, 2.05) is 6.07 Å². The molecule has 1 aliphatic heterocycles. The molecule has 4 heteroatoms. The van der Waals surface area contributed by atoms with E-state index in [0.29, 0.717) is 12.0 Å². The second kappa shape index (κ2) is 4.86. The summed E-state index contributed by atoms with van der Waals surface area (Å²) in [7, 11) is 2.20. The van der Waals surface area contributed by atoms with Crippen LogP contribution in [0.15, 0.2) is 24.3 Å². The number of para-hydroxylation sites is 1. The molecule has 3 rings (SSSR count). The van der Waals surface area contributed by atoms with E-state index in [4.69, 9.17) is 0 Å². The molecule has 0 bridgehead atoms. The van der Waals surface area contributed by atoms with E-state index in [0.717, 1.165) is 10.6 Å². The number of nitrogens with zero attached hydrogens (tertiary/aromatic N) is 2. The second-order valence-corrected chi connectivity index (χ2v) is 6.30. The number of hydrogen-bond acceptors (Lipinski definition) is 4. The summed E-state index contributed by atoms with van der Waals surface area (Å²) in [5, 5.41) is 4.69. The molecule has 0 radical (unpaired) electrons. The quantitative estimate of drug-likeness (QED) is 0.900. The van der Waals surface area contributed by atoms with Crippen LogP contribution in [0.25, 0.3) is 10.2 Å². The van der Waals surface area contributed by atoms with E-state index in [1.165, 1.54) is 24.2 Å². The van der Waals surface area contributed by atoms with E-state index in [1.54, 1.807) is 11.3 Å². The number of hydrogen-bond donors (Lipinski definition) is 1. The molecule has 2 atom stereocenters. The predicted molar refractivity (Wildman–Crippen MR) is 78.3 cm³/mol. The van der Waals surface area contributed by atoms with Crippen molar-refractivity contribution in [3.63, 3.8) is 0 Å². The monoisotopic (exact) mass is 261 g/mol. The van der Waals surface area contributed by atoms with Gasteiger partial charge in [-0.1, -0.05) is 30.4 Å². The molecule has 1 aliphatic rings. The normalized spacial score (nSPS) is 25.4. The summed E-state index contributed by atoms with van der Waals surface area (Å²) in [5.41, 5.74) is 1.10. The molecule has 2 aromatic rings. The lowest BCUT2D eigenvalue weighted by atomic mass is 9.94. The van der Waals surface area contributed by atoms with Crippen molar-refractivity contribution in [2.45, 2.75) is 19.4 Å². The zero-order valence-electron chi connectivity index (χ0n) is 10.9. The number of benzene rings is 1. The number of thiazole rings is 1. The number of aromatic nitrogens is 1. The summed E-state index contributed by atoms with van der Waals surface area (Å²) < 4.78 is 1.26. The number of likely N-dealkylation sites (tertiary alicyclic amines) is 1. The summed E-state index contributed by atoms with van der Waals surface area (Å²) in [4.78, 5) is 7.06. The van der Waals surface area contributed by atoms with Gasteiger partial charge in [0.2, 0.25) is 0 Å². The van der Waals surface area contributed by atoms with Gasteiger partial charge < -0.3 is 10.2 Å². The van der Waals surface area contributed by atoms with Crippen LogP contribution in [-0.2, 0) is 0 Å². The molecule has 0 aliphatic carbocycles. The maximum Gasteiger partial charge on any atom is 0.184 e. The Hall–Kier alpha value is -1.13. The molecule has 0 amide bonds. The molecule has 1 N–H and O–H groups in total. The van der Waals surface area contributed by atoms with Crippen LogP contribution in [0.2, 0.25) is 0 Å². The van der Waals surface area contributed by atoms with Gasteiger partial charge in [0.05, 0.1) is 10.2 Å². The molecule has 96 valence electrons. The van der Waals surface area contributed by atoms with Crippen molar-refractivity contribution in [3.8, 4) is 0 Å². The number of piperidine rings is 1. The zero-order chi connectivity index (χ0) is 12.5. The maximum atomic E-state index is 4.65. The Balaban J connectivity index is 1.75. The Morgan fingerprint density at radius 3 is 3.00 bits per heavy atom. The Morgan fingerprint density at radius 2 is 2.22 bits per heavy atom. The average molecular weight is 261 g/mol. The molecule has 1 aromatic heterocycles. The number of fused-ring (bicyclic) bond motifs is 1. The van der Waals surface area contributed by atoms with E-state index in [2.05, 4.69) is 47.4 Å². The number of rotatable bonds is 2. The molecular weight excluding hydrogens is 242 g/mol. The largest absolute Gasteiger partial charge is 0.358 e. The fourth-order valence-corrected chi connectivity index (χ4v) is 3.59. The fourth-order valence-electron chi connectivity index (χ4n) is 2.66. The minimum Gasteiger partial charge on any atom is -0.358 e. The van der Waals surface area contributed by atoms with Crippen LogP contribution >= 0.6 is 11.3 Å². The molecule has 2 heterocycles. The standard InChI is InChI=1S/C14H19N3S/c1-10-9-17(2)8-7-11(10)15-14-16-12-5-3-4-6-13(12)18-14/h3-6,10-11H,7-9H2,1-2H3,(H,15,16). The third-order valence-corrected chi connectivity index (χ3v) is 4.68. The molecule has 1 saturated heterocycles. The van der Waals surface area contributed by atoms with Crippen LogP contribution in [0.5, 0.6) is 0 Å². The van der Waals surface area contributed by atoms with Crippen LogP contribution < -0.4 is 5.32 Å². The van der Waals surface area contributed by atoms with E-state index in [9.17, 15) is 0 Å². The van der Waals surface area contributed by atoms with Crippen LogP contribution in [-0.4, -0.2) is 36.1 Å². The molecule has 2 unspecified atom stereocenters. The minimum absolute atomic E-state index is 0.557. The van der Waals surface area contributed by atoms with Crippen molar-refractivity contribution in [2.75, 3.05) is 25.5 Å². The zero-order valence-corrected chi connectivity index (χ0v) is 11.7. The summed E-state index contributed by atoms with van der Waals surface area (Å²) in [6.07, 6.45) is 1.20. The molecule has 18 heavy (non-hydrogen) atoms. The Bertz CT molecular complexity index is 504. The molecule has 3 nitrogen and oxygen atoms in total. The summed E-state index contributed by atoms with van der Waals surface area (Å²) in [5.74, 6) is 0.677. The molecule has 1 fully saturated rings. The van der Waals surface area contributed by atoms with Crippen LogP contribution in [0, 0.1) is 5.92 Å². The summed E-state index contributed by atoms with van der Waals surface area (Å²) in [6.45, 7) is 4.66. The van der Waals surface area contributed by atoms with Crippen molar-refractivity contribution >= 4 is 26.7 Å². The van der Waals surface area contributed by atoms with Gasteiger partial charge in [-0.15, -0.1) is 0 Å². The van der Waals surface area contributed by atoms with Gasteiger partial charge >= 0.3 is 0 Å². The minimum atomic E-state index is 0.557. The highest BCUT2D eigenvalue weighted by Crippen LogP contribution is 2.28. The van der Waals surface area contributed by atoms with Crippen molar-refractivity contribution in [3.05, 3.63) is 24.3 Å². The Kier molecular flexibility index (Phi) is 3.22. The first-order valence-electron chi connectivity index (χ1n) is 6.53. The van der Waals surface area contributed by atoms with Crippen LogP contribution in [0.4, 0.5) is 5.13 Å². The van der Waals surface area contributed by atoms with Gasteiger partial charge in [0.1, 0.15) is 0 Å². The summed E-state index contributed by atoms with van der Waals surface area (Å²) in [6, 6.07) is 8.89. The van der Waals surface area contributed by atoms with Gasteiger partial charge in [-0.05, 0) is 38.1 Å². The Labute approximate surface area is 112 Å². The topological polar surface area (TPSA) is 28.2 Å². The van der Waals surface area contributed by atoms with Gasteiger partial charge in [-0.25, -0.2) is 4.98 Å². The fraction of sp³-hybridized carbons (Fsp3) is 0.500. The highest BCUT2D eigenvalue weighted by Gasteiger charge is 2.24. The first-order valence-corrected chi connectivity index (χ1v) is 7.34. The van der Waals surface area contributed by atoms with E-state index in [-0.39, 0.29) is 0 Å². The Morgan fingerprint density at radius 1 is 1.39 bits per heavy atom. The lowest BCUT2D eigenvalue weighted by Gasteiger charge is -2.35. The number of nitrogens with one attached hydrogen (secondary N) is 1. The van der Waals surface area contributed by atoms with Crippen molar-refractivity contribution in [1.29, 1.82) is 0 Å². The second-order valence-electron chi connectivity index (χ2n) is 5.27. The highest BCUT2D eigenvalue weighted by molar-refractivity contribution is 7.22. The SMILES string of the molecule is CC1CN(C)CCC1Nc1nc2ccccc2s1. The van der Waals surface area contributed by atoms with Crippen molar-refractivity contribution in [1.82, 2.24) is 9.88 Å². The van der Waals surface area contributed by atoms with E-state index >= 15 is 0 Å². The van der Waals surface area contributed by atoms with Gasteiger partial charge in [-0.2, -0.15) is 0 Å². The number of anilines is 1. The molecule has 0 saturated carbocycles. The molecule has 1 aromatic carbocycles. The predicted octanol–water partition coefficient (Wildman–Crippen LogP) is 3.05. The van der Waals surface area contributed by atoms with Crippen LogP contribution in [0.3, 0.4) is 0 Å². The summed E-state index contributed by atoms with van der Waals surface area (Å²) >= 11 is 1.76. The first-order chi connectivity index (χ1) is 8.72. The smallest absolute Gasteiger partial charge is 0.184 e. The van der Waals surface area contributed by atoms with E-state index < -0.39 is 0 Å². The lowest BCUT2D eigenvalue weighted by molar-refractivity contribution is 0.206. The van der Waals surface area contributed by atoms with Crippen molar-refractivity contribution < 1.29 is 0 Å².